The highest BCUT2D eigenvalue weighted by Gasteiger charge is 2.17. The minimum absolute atomic E-state index is 0.0202. The zero-order valence-electron chi connectivity index (χ0n) is 11.0. The van der Waals surface area contributed by atoms with Gasteiger partial charge in [0.2, 0.25) is 5.91 Å². The van der Waals surface area contributed by atoms with Crippen LogP contribution in [-0.2, 0) is 4.79 Å². The smallest absolute Gasteiger partial charge is 0.240 e. The number of imidazole rings is 1. The largest absolute Gasteiger partial charge is 0.305 e. The Morgan fingerprint density at radius 1 is 1.50 bits per heavy atom. The molecule has 2 aromatic rings. The molecule has 0 aliphatic carbocycles. The van der Waals surface area contributed by atoms with E-state index >= 15 is 0 Å². The van der Waals surface area contributed by atoms with Gasteiger partial charge in [0, 0.05) is 35.0 Å². The van der Waals surface area contributed by atoms with E-state index < -0.39 is 0 Å². The highest BCUT2D eigenvalue weighted by molar-refractivity contribution is 7.11. The Balaban J connectivity index is 1.75. The molecule has 1 amide bonds. The maximum absolute atomic E-state index is 11.2. The van der Waals surface area contributed by atoms with Crippen LogP contribution >= 0.6 is 11.3 Å². The molecule has 1 aliphatic heterocycles. The Labute approximate surface area is 120 Å². The predicted molar refractivity (Wildman–Crippen MR) is 79.8 cm³/mol. The molecule has 5 nitrogen and oxygen atoms in total. The van der Waals surface area contributed by atoms with Crippen molar-refractivity contribution >= 4 is 29.0 Å². The van der Waals surface area contributed by atoms with Crippen LogP contribution in [0, 0.1) is 5.92 Å². The van der Waals surface area contributed by atoms with E-state index in [2.05, 4.69) is 27.0 Å². The van der Waals surface area contributed by atoms with Crippen molar-refractivity contribution in [3.63, 3.8) is 0 Å². The SMILES string of the molecule is CC1CC(=O)NN=C1C=Cc1cc(-n2ccnc2)cs1. The van der Waals surface area contributed by atoms with Crippen molar-refractivity contribution in [3.8, 4) is 5.69 Å². The number of thiophene rings is 1. The van der Waals surface area contributed by atoms with Crippen LogP contribution < -0.4 is 5.43 Å². The number of nitrogens with zero attached hydrogens (tertiary/aromatic N) is 3. The van der Waals surface area contributed by atoms with Gasteiger partial charge >= 0.3 is 0 Å². The summed E-state index contributed by atoms with van der Waals surface area (Å²) in [5.41, 5.74) is 4.52. The molecule has 0 fully saturated rings. The third kappa shape index (κ3) is 2.70. The third-order valence-electron chi connectivity index (χ3n) is 3.13. The van der Waals surface area contributed by atoms with Crippen LogP contribution in [-0.4, -0.2) is 21.2 Å². The fourth-order valence-corrected chi connectivity index (χ4v) is 2.79. The maximum atomic E-state index is 11.2. The lowest BCUT2D eigenvalue weighted by Crippen LogP contribution is -2.30. The van der Waals surface area contributed by atoms with Gasteiger partial charge in [0.25, 0.3) is 0 Å². The van der Waals surface area contributed by atoms with Gasteiger partial charge in [-0.15, -0.1) is 11.3 Å². The summed E-state index contributed by atoms with van der Waals surface area (Å²) in [6.45, 7) is 2.01. The molecule has 0 saturated heterocycles. The van der Waals surface area contributed by atoms with E-state index in [4.69, 9.17) is 0 Å². The number of allylic oxidation sites excluding steroid dienone is 1. The molecule has 6 heteroatoms. The molecule has 2 aromatic heterocycles. The summed E-state index contributed by atoms with van der Waals surface area (Å²) in [4.78, 5) is 16.4. The number of carbonyl (C=O) groups is 1. The van der Waals surface area contributed by atoms with Crippen molar-refractivity contribution in [2.24, 2.45) is 11.0 Å². The van der Waals surface area contributed by atoms with E-state index in [9.17, 15) is 4.79 Å². The Hall–Kier alpha value is -2.21. The lowest BCUT2D eigenvalue weighted by atomic mass is 10.00. The van der Waals surface area contributed by atoms with Gasteiger partial charge in [-0.1, -0.05) is 6.92 Å². The van der Waals surface area contributed by atoms with E-state index in [0.717, 1.165) is 16.3 Å². The molecule has 0 aromatic carbocycles. The van der Waals surface area contributed by atoms with Crippen LogP contribution in [0.5, 0.6) is 0 Å². The van der Waals surface area contributed by atoms with Gasteiger partial charge in [-0.05, 0) is 18.2 Å². The first-order chi connectivity index (χ1) is 9.72. The van der Waals surface area contributed by atoms with Gasteiger partial charge in [0.05, 0.1) is 17.7 Å². The van der Waals surface area contributed by atoms with Crippen molar-refractivity contribution in [2.45, 2.75) is 13.3 Å². The Morgan fingerprint density at radius 3 is 3.15 bits per heavy atom. The number of rotatable bonds is 3. The van der Waals surface area contributed by atoms with Gasteiger partial charge in [0.1, 0.15) is 0 Å². The number of nitrogens with one attached hydrogen (secondary N) is 1. The Kier molecular flexibility index (Phi) is 3.47. The van der Waals surface area contributed by atoms with Crippen LogP contribution in [0.3, 0.4) is 0 Å². The van der Waals surface area contributed by atoms with Crippen LogP contribution in [0.15, 0.2) is 41.3 Å². The third-order valence-corrected chi connectivity index (χ3v) is 4.02. The molecule has 1 N–H and O–H groups in total. The fourth-order valence-electron chi connectivity index (χ4n) is 2.01. The van der Waals surface area contributed by atoms with E-state index in [1.54, 1.807) is 23.9 Å². The maximum Gasteiger partial charge on any atom is 0.240 e. The summed E-state index contributed by atoms with van der Waals surface area (Å²) in [6.07, 6.45) is 9.93. The number of carbonyl (C=O) groups excluding carboxylic acids is 1. The van der Waals surface area contributed by atoms with E-state index in [1.807, 2.05) is 29.8 Å². The normalized spacial score (nSPS) is 19.1. The standard InChI is InChI=1S/C14H14N4OS/c1-10-6-14(19)17-16-13(10)3-2-12-7-11(8-20-12)18-5-4-15-9-18/h2-5,7-10H,6H2,1H3,(H,17,19). The van der Waals surface area contributed by atoms with Crippen molar-refractivity contribution in [1.29, 1.82) is 0 Å². The number of amides is 1. The fraction of sp³-hybridized carbons (Fsp3) is 0.214. The van der Waals surface area contributed by atoms with Gasteiger partial charge in [-0.25, -0.2) is 10.4 Å². The summed E-state index contributed by atoms with van der Waals surface area (Å²) in [7, 11) is 0. The second-order valence-electron chi connectivity index (χ2n) is 4.69. The summed E-state index contributed by atoms with van der Waals surface area (Å²) < 4.78 is 1.97. The zero-order chi connectivity index (χ0) is 13.9. The van der Waals surface area contributed by atoms with E-state index in [0.29, 0.717) is 6.42 Å². The molecule has 0 radical (unpaired) electrons. The summed E-state index contributed by atoms with van der Waals surface area (Å²) in [5.74, 6) is 0.140. The topological polar surface area (TPSA) is 59.3 Å². The molecule has 0 bridgehead atoms. The number of hydrogen-bond donors (Lipinski definition) is 1. The summed E-state index contributed by atoms with van der Waals surface area (Å²) in [5, 5.41) is 6.16. The van der Waals surface area contributed by atoms with Gasteiger partial charge in [0.15, 0.2) is 0 Å². The second-order valence-corrected chi connectivity index (χ2v) is 5.63. The minimum Gasteiger partial charge on any atom is -0.305 e. The molecular weight excluding hydrogens is 272 g/mol. The lowest BCUT2D eigenvalue weighted by Gasteiger charge is -2.15. The molecule has 102 valence electrons. The van der Waals surface area contributed by atoms with Crippen LogP contribution in [0.4, 0.5) is 0 Å². The number of hydrogen-bond acceptors (Lipinski definition) is 4. The zero-order valence-corrected chi connectivity index (χ0v) is 11.8. The first-order valence-corrected chi connectivity index (χ1v) is 7.22. The molecule has 3 rings (SSSR count). The molecule has 1 aliphatic rings. The van der Waals surface area contributed by atoms with Crippen molar-refractivity contribution in [2.75, 3.05) is 0 Å². The average molecular weight is 286 g/mol. The molecular formula is C14H14N4OS. The number of hydrazone groups is 1. The van der Waals surface area contributed by atoms with Crippen molar-refractivity contribution < 1.29 is 4.79 Å². The summed E-state index contributed by atoms with van der Waals surface area (Å²) >= 11 is 1.66. The molecule has 0 saturated carbocycles. The molecule has 1 unspecified atom stereocenters. The first-order valence-electron chi connectivity index (χ1n) is 6.34. The highest BCUT2D eigenvalue weighted by Crippen LogP contribution is 2.20. The lowest BCUT2D eigenvalue weighted by molar-refractivity contribution is -0.121. The molecule has 1 atom stereocenters. The van der Waals surface area contributed by atoms with Gasteiger partial charge in [-0.3, -0.25) is 4.79 Å². The quantitative estimate of drug-likeness (QED) is 0.942. The minimum atomic E-state index is -0.0202. The molecule has 0 spiro atoms. The molecule has 20 heavy (non-hydrogen) atoms. The highest BCUT2D eigenvalue weighted by atomic mass is 32.1. The van der Waals surface area contributed by atoms with Crippen LogP contribution in [0.25, 0.3) is 11.8 Å². The van der Waals surface area contributed by atoms with Crippen LogP contribution in [0.2, 0.25) is 0 Å². The van der Waals surface area contributed by atoms with Gasteiger partial charge < -0.3 is 4.57 Å². The number of aromatic nitrogens is 2. The monoisotopic (exact) mass is 286 g/mol. The van der Waals surface area contributed by atoms with Crippen molar-refractivity contribution in [1.82, 2.24) is 15.0 Å². The van der Waals surface area contributed by atoms with Crippen molar-refractivity contribution in [3.05, 3.63) is 41.1 Å². The Morgan fingerprint density at radius 2 is 2.40 bits per heavy atom. The van der Waals surface area contributed by atoms with Gasteiger partial charge in [-0.2, -0.15) is 5.10 Å². The van der Waals surface area contributed by atoms with Crippen LogP contribution in [0.1, 0.15) is 18.2 Å². The second kappa shape index (κ2) is 5.42. The van der Waals surface area contributed by atoms with E-state index in [1.165, 1.54) is 0 Å². The van der Waals surface area contributed by atoms with E-state index in [-0.39, 0.29) is 11.8 Å². The predicted octanol–water partition coefficient (Wildman–Crippen LogP) is 2.46. The average Bonchev–Trinajstić information content (AvgIpc) is 3.08. The first kappa shape index (κ1) is 12.8. The molecule has 3 heterocycles. The Bertz CT molecular complexity index is 669. The summed E-state index contributed by atoms with van der Waals surface area (Å²) in [6, 6.07) is 2.09.